The van der Waals surface area contributed by atoms with Crippen LogP contribution in [0, 0.1) is 5.92 Å². The summed E-state index contributed by atoms with van der Waals surface area (Å²) in [6.45, 7) is 6.25. The summed E-state index contributed by atoms with van der Waals surface area (Å²) in [5.41, 5.74) is 3.28. The molecule has 0 aromatic heterocycles. The van der Waals surface area contributed by atoms with Crippen LogP contribution < -0.4 is 0 Å². The van der Waals surface area contributed by atoms with E-state index in [2.05, 4.69) is 36.1 Å². The summed E-state index contributed by atoms with van der Waals surface area (Å²) in [6.07, 6.45) is 5.39. The van der Waals surface area contributed by atoms with E-state index in [1.807, 2.05) is 0 Å². The van der Waals surface area contributed by atoms with Crippen molar-refractivity contribution in [1.29, 1.82) is 0 Å². The summed E-state index contributed by atoms with van der Waals surface area (Å²) < 4.78 is 0. The summed E-state index contributed by atoms with van der Waals surface area (Å²) in [7, 11) is 0. The second-order valence-corrected chi connectivity index (χ2v) is 5.71. The number of benzene rings is 1. The molecule has 0 N–H and O–H groups in total. The fourth-order valence-corrected chi connectivity index (χ4v) is 3.67. The Bertz CT molecular complexity index is 385. The van der Waals surface area contributed by atoms with Crippen molar-refractivity contribution in [3.8, 4) is 0 Å². The van der Waals surface area contributed by atoms with Crippen molar-refractivity contribution in [3.63, 3.8) is 0 Å². The average molecular weight is 229 g/mol. The fraction of sp³-hybridized carbons (Fsp3) is 0.625. The van der Waals surface area contributed by atoms with Crippen LogP contribution in [0.4, 0.5) is 0 Å². The lowest BCUT2D eigenvalue weighted by Crippen LogP contribution is -2.38. The highest BCUT2D eigenvalue weighted by atomic mass is 15.1. The Labute approximate surface area is 105 Å². The van der Waals surface area contributed by atoms with Gasteiger partial charge in [0.25, 0.3) is 0 Å². The number of unbranched alkanes of at least 4 members (excludes halogenated alkanes) is 1. The Kier molecular flexibility index (Phi) is 3.19. The first-order valence-corrected chi connectivity index (χ1v) is 7.18. The van der Waals surface area contributed by atoms with Gasteiger partial charge in [-0.1, -0.05) is 37.6 Å². The van der Waals surface area contributed by atoms with Crippen molar-refractivity contribution in [2.24, 2.45) is 5.92 Å². The highest BCUT2D eigenvalue weighted by Gasteiger charge is 2.36. The molecule has 1 heteroatoms. The molecular formula is C16H23N. The molecule has 1 saturated heterocycles. The van der Waals surface area contributed by atoms with Gasteiger partial charge in [0.2, 0.25) is 0 Å². The van der Waals surface area contributed by atoms with Crippen LogP contribution in [-0.2, 0) is 6.42 Å². The molecule has 92 valence electrons. The third kappa shape index (κ3) is 2.13. The van der Waals surface area contributed by atoms with E-state index in [9.17, 15) is 0 Å². The zero-order valence-corrected chi connectivity index (χ0v) is 10.9. The first-order valence-electron chi connectivity index (χ1n) is 7.18. The minimum Gasteiger partial charge on any atom is -0.303 e. The van der Waals surface area contributed by atoms with Gasteiger partial charge in [0, 0.05) is 6.54 Å². The smallest absolute Gasteiger partial charge is 0.00187 e. The number of nitrogens with zero attached hydrogens (tertiary/aromatic N) is 1. The highest BCUT2D eigenvalue weighted by molar-refractivity contribution is 5.36. The maximum Gasteiger partial charge on any atom is 0.00187 e. The van der Waals surface area contributed by atoms with Crippen molar-refractivity contribution >= 4 is 0 Å². The lowest BCUT2D eigenvalue weighted by molar-refractivity contribution is 0.160. The molecule has 1 aromatic carbocycles. The predicted molar refractivity (Wildman–Crippen MR) is 72.3 cm³/mol. The summed E-state index contributed by atoms with van der Waals surface area (Å²) >= 11 is 0. The molecule has 1 heterocycles. The van der Waals surface area contributed by atoms with Crippen LogP contribution in [0.2, 0.25) is 0 Å². The molecule has 0 spiro atoms. The van der Waals surface area contributed by atoms with Gasteiger partial charge in [0.1, 0.15) is 0 Å². The summed E-state index contributed by atoms with van der Waals surface area (Å²) in [6, 6.07) is 9.11. The van der Waals surface area contributed by atoms with Crippen LogP contribution in [0.25, 0.3) is 0 Å². The molecule has 1 aliphatic carbocycles. The van der Waals surface area contributed by atoms with Crippen LogP contribution in [0.5, 0.6) is 0 Å². The molecule has 0 bridgehead atoms. The zero-order chi connectivity index (χ0) is 11.7. The van der Waals surface area contributed by atoms with Gasteiger partial charge in [-0.3, -0.25) is 0 Å². The average Bonchev–Trinajstić information content (AvgIpc) is 2.74. The molecular weight excluding hydrogens is 206 g/mol. The molecule has 2 atom stereocenters. The molecule has 0 saturated carbocycles. The molecule has 1 fully saturated rings. The van der Waals surface area contributed by atoms with Gasteiger partial charge in [-0.15, -0.1) is 0 Å². The maximum absolute atomic E-state index is 2.69. The van der Waals surface area contributed by atoms with Crippen LogP contribution in [0.3, 0.4) is 0 Å². The molecule has 17 heavy (non-hydrogen) atoms. The zero-order valence-electron chi connectivity index (χ0n) is 10.9. The van der Waals surface area contributed by atoms with Crippen LogP contribution in [0.15, 0.2) is 24.3 Å². The van der Waals surface area contributed by atoms with E-state index in [1.54, 1.807) is 11.1 Å². The van der Waals surface area contributed by atoms with Gasteiger partial charge in [-0.25, -0.2) is 0 Å². The van der Waals surface area contributed by atoms with Crippen molar-refractivity contribution < 1.29 is 0 Å². The van der Waals surface area contributed by atoms with Gasteiger partial charge in [0.15, 0.2) is 0 Å². The third-order valence-corrected chi connectivity index (χ3v) is 4.58. The monoisotopic (exact) mass is 229 g/mol. The number of piperidine rings is 1. The quantitative estimate of drug-likeness (QED) is 0.767. The van der Waals surface area contributed by atoms with Gasteiger partial charge in [0.05, 0.1) is 0 Å². The van der Waals surface area contributed by atoms with E-state index < -0.39 is 0 Å². The van der Waals surface area contributed by atoms with Crippen molar-refractivity contribution in [2.45, 2.75) is 38.5 Å². The van der Waals surface area contributed by atoms with E-state index in [0.29, 0.717) is 0 Å². The minimum absolute atomic E-state index is 0.865. The molecule has 0 unspecified atom stereocenters. The lowest BCUT2D eigenvalue weighted by atomic mass is 9.86. The third-order valence-electron chi connectivity index (χ3n) is 4.58. The second kappa shape index (κ2) is 4.81. The molecule has 1 aliphatic heterocycles. The predicted octanol–water partition coefficient (Wildman–Crippen LogP) is 3.45. The van der Waals surface area contributed by atoms with Crippen LogP contribution in [0.1, 0.15) is 43.2 Å². The van der Waals surface area contributed by atoms with E-state index in [0.717, 1.165) is 11.8 Å². The summed E-state index contributed by atoms with van der Waals surface area (Å²) in [4.78, 5) is 2.69. The maximum atomic E-state index is 2.69. The number of rotatable bonds is 3. The number of likely N-dealkylation sites (tertiary alicyclic amines) is 1. The Morgan fingerprint density at radius 1 is 1.29 bits per heavy atom. The first kappa shape index (κ1) is 11.3. The Morgan fingerprint density at radius 3 is 3.06 bits per heavy atom. The number of hydrogen-bond acceptors (Lipinski definition) is 1. The highest BCUT2D eigenvalue weighted by Crippen LogP contribution is 2.42. The van der Waals surface area contributed by atoms with Crippen LogP contribution in [-0.4, -0.2) is 24.5 Å². The lowest BCUT2D eigenvalue weighted by Gasteiger charge is -2.35. The Morgan fingerprint density at radius 2 is 2.18 bits per heavy atom. The fourth-order valence-electron chi connectivity index (χ4n) is 3.67. The molecule has 0 radical (unpaired) electrons. The molecule has 0 amide bonds. The van der Waals surface area contributed by atoms with Crippen molar-refractivity contribution in [2.75, 3.05) is 19.6 Å². The van der Waals surface area contributed by atoms with Gasteiger partial charge in [-0.05, 0) is 55.3 Å². The van der Waals surface area contributed by atoms with E-state index in [-0.39, 0.29) is 0 Å². The minimum atomic E-state index is 0.865. The van der Waals surface area contributed by atoms with Gasteiger partial charge in [-0.2, -0.15) is 0 Å². The summed E-state index contributed by atoms with van der Waals surface area (Å²) in [5.74, 6) is 1.77. The topological polar surface area (TPSA) is 3.24 Å². The Hall–Kier alpha value is -0.820. The first-order chi connectivity index (χ1) is 8.38. The SMILES string of the molecule is CCCCN1CC[C@H]2c3ccccc3C[C@H]2C1. The van der Waals surface area contributed by atoms with Gasteiger partial charge >= 0.3 is 0 Å². The number of hydrogen-bond donors (Lipinski definition) is 0. The molecule has 1 aromatic rings. The van der Waals surface area contributed by atoms with E-state index in [1.165, 1.54) is 45.3 Å². The van der Waals surface area contributed by atoms with Crippen molar-refractivity contribution in [1.82, 2.24) is 4.90 Å². The standard InChI is InChI=1S/C16H23N/c1-2-3-9-17-10-8-16-14(12-17)11-13-6-4-5-7-15(13)16/h4-7,14,16H,2-3,8-12H2,1H3/t14-,16+/m0/s1. The molecule has 2 aliphatic rings. The molecule has 1 nitrogen and oxygen atoms in total. The van der Waals surface area contributed by atoms with E-state index >= 15 is 0 Å². The van der Waals surface area contributed by atoms with Crippen molar-refractivity contribution in [3.05, 3.63) is 35.4 Å². The molecule has 3 rings (SSSR count). The largest absolute Gasteiger partial charge is 0.303 e. The summed E-state index contributed by atoms with van der Waals surface area (Å²) in [5, 5.41) is 0. The second-order valence-electron chi connectivity index (χ2n) is 5.71. The van der Waals surface area contributed by atoms with Gasteiger partial charge < -0.3 is 4.90 Å². The van der Waals surface area contributed by atoms with E-state index in [4.69, 9.17) is 0 Å². The van der Waals surface area contributed by atoms with Crippen LogP contribution >= 0.6 is 0 Å². The number of fused-ring (bicyclic) bond motifs is 3. The normalized spacial score (nSPS) is 27.8. The Balaban J connectivity index is 1.69.